The number of furan rings is 1. The van der Waals surface area contributed by atoms with Gasteiger partial charge in [0.2, 0.25) is 0 Å². The molecule has 2 aromatic carbocycles. The van der Waals surface area contributed by atoms with Crippen LogP contribution in [0.25, 0.3) is 5.76 Å². The number of likely N-dealkylation sites (tertiary alicyclic amines) is 1. The summed E-state index contributed by atoms with van der Waals surface area (Å²) in [6.45, 7) is 4.43. The third-order valence-corrected chi connectivity index (χ3v) is 5.95. The van der Waals surface area contributed by atoms with Gasteiger partial charge in [-0.25, -0.2) is 0 Å². The van der Waals surface area contributed by atoms with Crippen LogP contribution < -0.4 is 4.74 Å². The lowest BCUT2D eigenvalue weighted by Gasteiger charge is -2.24. The van der Waals surface area contributed by atoms with Gasteiger partial charge >= 0.3 is 0 Å². The van der Waals surface area contributed by atoms with Crippen molar-refractivity contribution >= 4 is 29.1 Å². The fraction of sp³-hybridized carbons (Fsp3) is 0.231. The monoisotopic (exact) mass is 465 g/mol. The summed E-state index contributed by atoms with van der Waals surface area (Å²) in [4.78, 5) is 27.6. The van der Waals surface area contributed by atoms with Crippen molar-refractivity contribution in [2.45, 2.75) is 32.9 Å². The number of amides is 1. The van der Waals surface area contributed by atoms with E-state index in [-0.39, 0.29) is 17.9 Å². The Balaban J connectivity index is 1.83. The number of carbonyl (C=O) groups excluding carboxylic acids is 2. The molecule has 1 amide bonds. The van der Waals surface area contributed by atoms with Crippen LogP contribution in [0.3, 0.4) is 0 Å². The fourth-order valence-electron chi connectivity index (χ4n) is 3.97. The summed E-state index contributed by atoms with van der Waals surface area (Å²) < 4.78 is 10.9. The molecule has 1 aliphatic heterocycles. The van der Waals surface area contributed by atoms with Gasteiger partial charge in [0, 0.05) is 5.56 Å². The van der Waals surface area contributed by atoms with E-state index < -0.39 is 17.7 Å². The van der Waals surface area contributed by atoms with Gasteiger partial charge in [-0.3, -0.25) is 9.59 Å². The smallest absolute Gasteiger partial charge is 0.296 e. The maximum atomic E-state index is 13.1. The minimum absolute atomic E-state index is 0.0102. The van der Waals surface area contributed by atoms with Gasteiger partial charge in [0.05, 0.1) is 36.1 Å². The van der Waals surface area contributed by atoms with E-state index in [9.17, 15) is 14.7 Å². The average Bonchev–Trinajstić information content (AvgIpc) is 3.42. The highest BCUT2D eigenvalue weighted by molar-refractivity contribution is 6.46. The van der Waals surface area contributed by atoms with Crippen LogP contribution in [-0.4, -0.2) is 28.3 Å². The number of Topliss-reactive ketones (excluding diaryl/α,β-unsaturated/α-hetero) is 1. The Labute approximate surface area is 197 Å². The van der Waals surface area contributed by atoms with E-state index in [0.29, 0.717) is 28.7 Å². The number of ether oxygens (including phenoxy) is 1. The second kappa shape index (κ2) is 9.55. The molecule has 0 bridgehead atoms. The first-order valence-electron chi connectivity index (χ1n) is 10.8. The molecule has 33 heavy (non-hydrogen) atoms. The van der Waals surface area contributed by atoms with Crippen molar-refractivity contribution in [1.82, 2.24) is 4.90 Å². The van der Waals surface area contributed by atoms with Crippen molar-refractivity contribution < 1.29 is 23.8 Å². The van der Waals surface area contributed by atoms with Gasteiger partial charge in [0.1, 0.15) is 17.3 Å². The minimum atomic E-state index is -0.772. The van der Waals surface area contributed by atoms with Crippen molar-refractivity contribution in [2.75, 3.05) is 6.61 Å². The molecule has 0 spiro atoms. The molecule has 1 aliphatic rings. The molecule has 4 rings (SSSR count). The van der Waals surface area contributed by atoms with Crippen LogP contribution in [0.5, 0.6) is 5.75 Å². The summed E-state index contributed by atoms with van der Waals surface area (Å²) in [7, 11) is 0. The first-order valence-corrected chi connectivity index (χ1v) is 11.1. The molecular formula is C26H24ClNO5. The van der Waals surface area contributed by atoms with Crippen LogP contribution >= 0.6 is 11.6 Å². The van der Waals surface area contributed by atoms with Crippen molar-refractivity contribution in [1.29, 1.82) is 0 Å². The third-order valence-electron chi connectivity index (χ3n) is 5.66. The highest BCUT2D eigenvalue weighted by Gasteiger charge is 2.46. The third kappa shape index (κ3) is 4.39. The first kappa shape index (κ1) is 22.7. The number of aryl methyl sites for hydroxylation is 1. The highest BCUT2D eigenvalue weighted by Crippen LogP contribution is 2.41. The largest absolute Gasteiger partial charge is 0.507 e. The predicted octanol–water partition coefficient (Wildman–Crippen LogP) is 5.52. The number of benzene rings is 2. The number of aliphatic hydroxyl groups is 1. The fourth-order valence-corrected chi connectivity index (χ4v) is 4.21. The Bertz CT molecular complexity index is 1200. The second-order valence-electron chi connectivity index (χ2n) is 7.68. The Morgan fingerprint density at radius 1 is 1.12 bits per heavy atom. The highest BCUT2D eigenvalue weighted by atomic mass is 35.5. The summed E-state index contributed by atoms with van der Waals surface area (Å²) in [5.74, 6) is -0.732. The number of rotatable bonds is 7. The number of hydrogen-bond acceptors (Lipinski definition) is 5. The van der Waals surface area contributed by atoms with Gasteiger partial charge in [-0.05, 0) is 54.8 Å². The van der Waals surface area contributed by atoms with Gasteiger partial charge in [-0.1, -0.05) is 42.8 Å². The van der Waals surface area contributed by atoms with Gasteiger partial charge in [-0.2, -0.15) is 0 Å². The first-order chi connectivity index (χ1) is 15.9. The molecule has 1 N–H and O–H groups in total. The lowest BCUT2D eigenvalue weighted by molar-refractivity contribution is -0.140. The van der Waals surface area contributed by atoms with Crippen molar-refractivity contribution in [3.05, 3.63) is 93.9 Å². The molecule has 2 heterocycles. The second-order valence-corrected chi connectivity index (χ2v) is 8.09. The number of hydrogen-bond donors (Lipinski definition) is 1. The van der Waals surface area contributed by atoms with Crippen molar-refractivity contribution in [3.8, 4) is 5.75 Å². The quantitative estimate of drug-likeness (QED) is 0.282. The average molecular weight is 466 g/mol. The molecule has 1 atom stereocenters. The van der Waals surface area contributed by atoms with Gasteiger partial charge in [-0.15, -0.1) is 0 Å². The standard InChI is InChI=1S/C26H24ClNO5/c1-3-16-7-9-17(10-8-16)23-22(24(29)18-11-12-21(32-4-2)20(27)14-18)25(30)26(31)28(23)15-19-6-5-13-33-19/h5-14,23,29H,3-4,15H2,1-2H3/t23-/m0/s1. The SMILES string of the molecule is CCOc1ccc(C(O)=C2C(=O)C(=O)N(Cc3ccco3)[C@H]2c2ccc(CC)cc2)cc1Cl. The lowest BCUT2D eigenvalue weighted by atomic mass is 9.94. The summed E-state index contributed by atoms with van der Waals surface area (Å²) in [6.07, 6.45) is 2.37. The number of ketones is 1. The Morgan fingerprint density at radius 3 is 2.48 bits per heavy atom. The predicted molar refractivity (Wildman–Crippen MR) is 125 cm³/mol. The van der Waals surface area contributed by atoms with Crippen molar-refractivity contribution in [2.24, 2.45) is 0 Å². The number of nitrogens with zero attached hydrogens (tertiary/aromatic N) is 1. The zero-order valence-electron chi connectivity index (χ0n) is 18.4. The van der Waals surface area contributed by atoms with E-state index in [2.05, 4.69) is 0 Å². The normalized spacial score (nSPS) is 17.5. The number of aliphatic hydroxyl groups excluding tert-OH is 1. The lowest BCUT2D eigenvalue weighted by Crippen LogP contribution is -2.29. The maximum absolute atomic E-state index is 13.1. The van der Waals surface area contributed by atoms with Gasteiger partial charge in [0.25, 0.3) is 11.7 Å². The zero-order chi connectivity index (χ0) is 23.5. The van der Waals surface area contributed by atoms with Crippen LogP contribution in [0.4, 0.5) is 0 Å². The van der Waals surface area contributed by atoms with E-state index >= 15 is 0 Å². The van der Waals surface area contributed by atoms with E-state index in [1.54, 1.807) is 24.3 Å². The van der Waals surface area contributed by atoms with Crippen LogP contribution in [-0.2, 0) is 22.6 Å². The minimum Gasteiger partial charge on any atom is -0.507 e. The molecule has 0 radical (unpaired) electrons. The van der Waals surface area contributed by atoms with Gasteiger partial charge in [0.15, 0.2) is 0 Å². The molecule has 0 saturated carbocycles. The summed E-state index contributed by atoms with van der Waals surface area (Å²) in [6, 6.07) is 15.1. The van der Waals surface area contributed by atoms with E-state index in [0.717, 1.165) is 17.5 Å². The van der Waals surface area contributed by atoms with Gasteiger partial charge < -0.3 is 19.2 Å². The van der Waals surface area contributed by atoms with E-state index in [4.69, 9.17) is 20.8 Å². The molecular weight excluding hydrogens is 442 g/mol. The van der Waals surface area contributed by atoms with Crippen LogP contribution in [0.2, 0.25) is 5.02 Å². The summed E-state index contributed by atoms with van der Waals surface area (Å²) in [5.41, 5.74) is 2.18. The molecule has 1 fully saturated rings. The molecule has 0 aliphatic carbocycles. The number of carbonyl (C=O) groups is 2. The van der Waals surface area contributed by atoms with Crippen LogP contribution in [0.1, 0.15) is 42.3 Å². The van der Waals surface area contributed by atoms with Crippen LogP contribution in [0, 0.1) is 0 Å². The summed E-state index contributed by atoms with van der Waals surface area (Å²) in [5, 5.41) is 11.5. The molecule has 7 heteroatoms. The van der Waals surface area contributed by atoms with E-state index in [1.807, 2.05) is 38.1 Å². The molecule has 170 valence electrons. The Kier molecular flexibility index (Phi) is 6.56. The topological polar surface area (TPSA) is 80.0 Å². The van der Waals surface area contributed by atoms with Crippen LogP contribution in [0.15, 0.2) is 70.9 Å². The van der Waals surface area contributed by atoms with E-state index in [1.165, 1.54) is 17.2 Å². The Morgan fingerprint density at radius 2 is 1.88 bits per heavy atom. The molecule has 1 aromatic heterocycles. The molecule has 0 unspecified atom stereocenters. The maximum Gasteiger partial charge on any atom is 0.296 e. The summed E-state index contributed by atoms with van der Waals surface area (Å²) >= 11 is 6.30. The molecule has 6 nitrogen and oxygen atoms in total. The zero-order valence-corrected chi connectivity index (χ0v) is 19.1. The molecule has 1 saturated heterocycles. The van der Waals surface area contributed by atoms with Crippen molar-refractivity contribution in [3.63, 3.8) is 0 Å². The number of halogens is 1. The molecule has 3 aromatic rings. The Hall–Kier alpha value is -3.51.